The summed E-state index contributed by atoms with van der Waals surface area (Å²) >= 11 is 5.80. The van der Waals surface area contributed by atoms with Crippen LogP contribution in [-0.2, 0) is 28.6 Å². The smallest absolute Gasteiger partial charge is 0.337 e. The second-order valence-corrected chi connectivity index (χ2v) is 12.0. The van der Waals surface area contributed by atoms with Gasteiger partial charge in [-0.25, -0.2) is 9.59 Å². The van der Waals surface area contributed by atoms with Crippen molar-refractivity contribution in [1.82, 2.24) is 0 Å². The average Bonchev–Trinajstić information content (AvgIpc) is 3.46. The molecule has 1 saturated carbocycles. The third-order valence-electron chi connectivity index (χ3n) is 6.67. The first-order chi connectivity index (χ1) is 16.2. The number of ether oxygens (including phenoxy) is 4. The number of benzene rings is 1. The van der Waals surface area contributed by atoms with Crippen LogP contribution in [0.3, 0.4) is 0 Å². The number of hydrogen-bond acceptors (Lipinski definition) is 8. The van der Waals surface area contributed by atoms with Gasteiger partial charge in [0.1, 0.15) is 6.10 Å². The summed E-state index contributed by atoms with van der Waals surface area (Å²) in [5.41, 5.74) is 0.0647. The van der Waals surface area contributed by atoms with Crippen LogP contribution in [0.25, 0.3) is 0 Å². The highest BCUT2D eigenvalue weighted by Crippen LogP contribution is 2.49. The fourth-order valence-corrected chi connectivity index (χ4v) is 9.15. The Morgan fingerprint density at radius 1 is 1.00 bits per heavy atom. The molecule has 1 aromatic rings. The summed E-state index contributed by atoms with van der Waals surface area (Å²) in [4.78, 5) is 49.9. The van der Waals surface area contributed by atoms with Crippen LogP contribution in [0.5, 0.6) is 5.75 Å². The molecule has 4 bridgehead atoms. The Labute approximate surface area is 234 Å². The molecule has 12 heteroatoms. The quantitative estimate of drug-likeness (QED) is 0.207. The Hall–Kier alpha value is -1.01. The molecule has 1 N–H and O–H groups in total. The lowest BCUT2D eigenvalue weighted by Crippen LogP contribution is -2.43. The van der Waals surface area contributed by atoms with Crippen LogP contribution in [0.15, 0.2) is 18.2 Å². The molecular weight excluding hydrogens is 789 g/mol. The molecule has 9 nitrogen and oxygen atoms in total. The molecule has 180 valence electrons. The second kappa shape index (κ2) is 9.46. The molecule has 7 atom stereocenters. The maximum Gasteiger partial charge on any atom is 0.337 e. The molecule has 2 aliphatic carbocycles. The van der Waals surface area contributed by atoms with Gasteiger partial charge in [-0.15, -0.1) is 0 Å². The van der Waals surface area contributed by atoms with Crippen molar-refractivity contribution in [3.8, 4) is 5.75 Å². The van der Waals surface area contributed by atoms with E-state index in [1.165, 1.54) is 0 Å². The summed E-state index contributed by atoms with van der Waals surface area (Å²) in [5.74, 6) is -4.38. The highest BCUT2D eigenvalue weighted by molar-refractivity contribution is 14.1. The van der Waals surface area contributed by atoms with Gasteiger partial charge >= 0.3 is 23.9 Å². The molecule has 0 aromatic heterocycles. The van der Waals surface area contributed by atoms with Crippen molar-refractivity contribution in [3.05, 3.63) is 34.5 Å². The number of rotatable bonds is 5. The highest BCUT2D eigenvalue weighted by Gasteiger charge is 2.55. The summed E-state index contributed by atoms with van der Waals surface area (Å²) in [6, 6.07) is 1.64. The fourth-order valence-electron chi connectivity index (χ4n) is 5.10. The van der Waals surface area contributed by atoms with Crippen LogP contribution >= 0.6 is 67.8 Å². The van der Waals surface area contributed by atoms with Gasteiger partial charge in [0.05, 0.1) is 31.1 Å². The highest BCUT2D eigenvalue weighted by atomic mass is 127. The lowest BCUT2D eigenvalue weighted by atomic mass is 9.83. The monoisotopic (exact) mass is 806 g/mol. The second-order valence-electron chi connectivity index (χ2n) is 8.59. The minimum Gasteiger partial charge on any atom is -0.478 e. The van der Waals surface area contributed by atoms with Crippen molar-refractivity contribution < 1.29 is 43.2 Å². The molecule has 0 radical (unpaired) electrons. The fraction of sp³-hybridized carbons (Fsp3) is 0.455. The zero-order valence-electron chi connectivity index (χ0n) is 17.2. The third-order valence-corrected chi connectivity index (χ3v) is 9.35. The van der Waals surface area contributed by atoms with Gasteiger partial charge in [0.15, 0.2) is 18.0 Å². The lowest BCUT2D eigenvalue weighted by molar-refractivity contribution is -0.173. The van der Waals surface area contributed by atoms with Gasteiger partial charge in [-0.05, 0) is 92.1 Å². The lowest BCUT2D eigenvalue weighted by Gasteiger charge is -2.30. The number of fused-ring (bicyclic) bond motifs is 4. The average molecular weight is 806 g/mol. The number of hydrogen-bond donors (Lipinski definition) is 1. The molecule has 5 rings (SSSR count). The molecule has 2 saturated heterocycles. The number of aromatic carboxylic acids is 1. The van der Waals surface area contributed by atoms with Crippen LogP contribution in [0.2, 0.25) is 0 Å². The van der Waals surface area contributed by atoms with E-state index in [1.54, 1.807) is 6.07 Å². The van der Waals surface area contributed by atoms with Crippen LogP contribution in [0, 0.1) is 34.4 Å². The van der Waals surface area contributed by atoms with Crippen molar-refractivity contribution in [2.75, 3.05) is 6.61 Å². The molecule has 2 aliphatic heterocycles. The van der Waals surface area contributed by atoms with Crippen LogP contribution < -0.4 is 4.74 Å². The predicted octanol–water partition coefficient (Wildman–Crippen LogP) is 3.17. The standard InChI is InChI=1S/C22H17I3O9/c23-9-4-10(24)18(17(25)16(9)19(26)27)34-22(30)15-8-2-1-7(3-8)14(15)21(29)33-13-6-31-12-5-11(13)32-20(12)28/h1-2,4,7-8,11-15H,3,5-6H2,(H,26,27). The van der Waals surface area contributed by atoms with E-state index in [2.05, 4.69) is 0 Å². The molecule has 3 fully saturated rings. The van der Waals surface area contributed by atoms with E-state index in [-0.39, 0.29) is 29.8 Å². The Kier molecular flexibility index (Phi) is 6.86. The first-order valence-electron chi connectivity index (χ1n) is 10.5. The summed E-state index contributed by atoms with van der Waals surface area (Å²) < 4.78 is 23.6. The minimum atomic E-state index is -1.11. The van der Waals surface area contributed by atoms with Gasteiger partial charge in [0.2, 0.25) is 0 Å². The molecule has 1 aromatic carbocycles. The number of esters is 3. The summed E-state index contributed by atoms with van der Waals surface area (Å²) in [6.07, 6.45) is 2.94. The maximum atomic E-state index is 13.3. The zero-order chi connectivity index (χ0) is 24.3. The molecule has 7 unspecified atom stereocenters. The van der Waals surface area contributed by atoms with Gasteiger partial charge in [-0.3, -0.25) is 9.59 Å². The molecule has 34 heavy (non-hydrogen) atoms. The maximum absolute atomic E-state index is 13.3. The Balaban J connectivity index is 1.36. The van der Waals surface area contributed by atoms with E-state index in [1.807, 2.05) is 79.9 Å². The van der Waals surface area contributed by atoms with Crippen molar-refractivity contribution in [1.29, 1.82) is 0 Å². The number of allylic oxidation sites excluding steroid dienone is 2. The molecule has 4 aliphatic rings. The number of carboxylic acid groups (broad SMARTS) is 1. The van der Waals surface area contributed by atoms with Crippen LogP contribution in [-0.4, -0.2) is 53.9 Å². The van der Waals surface area contributed by atoms with Crippen LogP contribution in [0.4, 0.5) is 0 Å². The van der Waals surface area contributed by atoms with E-state index in [4.69, 9.17) is 18.9 Å². The van der Waals surface area contributed by atoms with Crippen LogP contribution in [0.1, 0.15) is 23.2 Å². The van der Waals surface area contributed by atoms with Crippen molar-refractivity contribution in [2.45, 2.75) is 31.2 Å². The number of carbonyl (C=O) groups is 4. The van der Waals surface area contributed by atoms with Gasteiger partial charge in [-0.1, -0.05) is 12.2 Å². The molecule has 2 heterocycles. The molecule has 0 spiro atoms. The summed E-state index contributed by atoms with van der Waals surface area (Å²) in [7, 11) is 0. The molecular formula is C22H17I3O9. The first-order valence-corrected chi connectivity index (χ1v) is 13.7. The number of carboxylic acids is 1. The van der Waals surface area contributed by atoms with Gasteiger partial charge in [0, 0.05) is 9.99 Å². The van der Waals surface area contributed by atoms with E-state index in [0.29, 0.717) is 23.6 Å². The van der Waals surface area contributed by atoms with Gasteiger partial charge in [0.25, 0.3) is 0 Å². The van der Waals surface area contributed by atoms with E-state index >= 15 is 0 Å². The first kappa shape index (κ1) is 24.7. The van der Waals surface area contributed by atoms with E-state index < -0.39 is 54.0 Å². The minimum absolute atomic E-state index is 0.0647. The Bertz CT molecular complexity index is 1130. The van der Waals surface area contributed by atoms with E-state index in [0.717, 1.165) is 0 Å². The topological polar surface area (TPSA) is 125 Å². The molecule has 0 amide bonds. The Morgan fingerprint density at radius 3 is 2.35 bits per heavy atom. The number of halogens is 3. The normalized spacial score (nSPS) is 33.0. The largest absolute Gasteiger partial charge is 0.478 e. The van der Waals surface area contributed by atoms with Crippen molar-refractivity contribution in [2.24, 2.45) is 23.7 Å². The summed E-state index contributed by atoms with van der Waals surface area (Å²) in [6.45, 7) is 0.0651. The van der Waals surface area contributed by atoms with Crippen molar-refractivity contribution in [3.63, 3.8) is 0 Å². The number of carbonyl (C=O) groups excluding carboxylic acids is 3. The predicted molar refractivity (Wildman–Crippen MR) is 139 cm³/mol. The van der Waals surface area contributed by atoms with Gasteiger partial charge in [-0.2, -0.15) is 0 Å². The zero-order valence-corrected chi connectivity index (χ0v) is 23.7. The third kappa shape index (κ3) is 4.25. The SMILES string of the molecule is O=C(O)c1c(I)cc(I)c(OC(=O)C2C3C=CC(C3)C2C(=O)OC2COC3CC2OC3=O)c1I. The van der Waals surface area contributed by atoms with Gasteiger partial charge < -0.3 is 24.1 Å². The Morgan fingerprint density at radius 2 is 1.68 bits per heavy atom. The van der Waals surface area contributed by atoms with E-state index in [9.17, 15) is 24.3 Å². The summed E-state index contributed by atoms with van der Waals surface area (Å²) in [5, 5.41) is 9.56. The van der Waals surface area contributed by atoms with Crippen molar-refractivity contribution >= 4 is 91.6 Å².